The van der Waals surface area contributed by atoms with Gasteiger partial charge in [0, 0.05) is 0 Å². The second-order valence-electron chi connectivity index (χ2n) is 19.1. The summed E-state index contributed by atoms with van der Waals surface area (Å²) in [5.41, 5.74) is 0. The molecule has 0 aromatic rings. The van der Waals surface area contributed by atoms with Crippen molar-refractivity contribution in [1.82, 2.24) is 5.32 Å². The van der Waals surface area contributed by atoms with Gasteiger partial charge in [0.15, 0.2) is 0 Å². The quantitative estimate of drug-likeness (QED) is 0.0362. The van der Waals surface area contributed by atoms with Gasteiger partial charge in [-0.25, -0.2) is 0 Å². The van der Waals surface area contributed by atoms with Crippen LogP contribution in [0.25, 0.3) is 0 Å². The van der Waals surface area contributed by atoms with Gasteiger partial charge in [0.2, 0.25) is 5.91 Å². The van der Waals surface area contributed by atoms with Crippen LogP contribution in [0, 0.1) is 0 Å². The van der Waals surface area contributed by atoms with Crippen LogP contribution < -0.4 is 5.32 Å². The molecule has 0 aliphatic rings. The Labute approximate surface area is 382 Å². The summed E-state index contributed by atoms with van der Waals surface area (Å²) in [5.74, 6) is -0.507. The maximum absolute atomic E-state index is 12.5. The maximum Gasteiger partial charge on any atom is 0.249 e. The van der Waals surface area contributed by atoms with Crippen LogP contribution in [-0.2, 0) is 4.79 Å². The van der Waals surface area contributed by atoms with Crippen LogP contribution in [0.1, 0.15) is 303 Å². The summed E-state index contributed by atoms with van der Waals surface area (Å²) in [6.45, 7) is 4.21. The number of rotatable bonds is 51. The van der Waals surface area contributed by atoms with Gasteiger partial charge in [0.1, 0.15) is 6.10 Å². The summed E-state index contributed by atoms with van der Waals surface area (Å²) in [7, 11) is 0. The van der Waals surface area contributed by atoms with Gasteiger partial charge in [-0.1, -0.05) is 295 Å². The molecule has 0 bridgehead atoms. The van der Waals surface area contributed by atoms with Crippen LogP contribution in [0.2, 0.25) is 0 Å². The molecular formula is C56H109NO4. The molecule has 1 amide bonds. The Hall–Kier alpha value is -1.17. The Morgan fingerprint density at radius 2 is 0.672 bits per heavy atom. The highest BCUT2D eigenvalue weighted by molar-refractivity contribution is 5.80. The molecule has 0 heterocycles. The molecule has 0 saturated heterocycles. The molecule has 0 rings (SSSR count). The van der Waals surface area contributed by atoms with E-state index in [1.54, 1.807) is 6.08 Å². The molecule has 0 radical (unpaired) electrons. The van der Waals surface area contributed by atoms with Crippen LogP contribution in [0.4, 0.5) is 0 Å². The van der Waals surface area contributed by atoms with Crippen LogP contribution in [0.3, 0.4) is 0 Å². The van der Waals surface area contributed by atoms with Gasteiger partial charge < -0.3 is 20.6 Å². The third kappa shape index (κ3) is 46.6. The van der Waals surface area contributed by atoms with Gasteiger partial charge in [0.05, 0.1) is 18.8 Å². The Morgan fingerprint density at radius 3 is 1.00 bits per heavy atom. The summed E-state index contributed by atoms with van der Waals surface area (Å²) < 4.78 is 0. The summed E-state index contributed by atoms with van der Waals surface area (Å²) in [5, 5.41) is 33.3. The first-order valence-electron chi connectivity index (χ1n) is 27.7. The predicted octanol–water partition coefficient (Wildman–Crippen LogP) is 16.9. The Kier molecular flexibility index (Phi) is 50.5. The number of unbranched alkanes of at least 4 members (excludes halogenated alkanes) is 41. The molecule has 3 atom stereocenters. The molecule has 0 saturated carbocycles. The number of hydrogen-bond donors (Lipinski definition) is 4. The molecule has 0 aliphatic carbocycles. The van der Waals surface area contributed by atoms with Crippen molar-refractivity contribution in [2.45, 2.75) is 321 Å². The highest BCUT2D eigenvalue weighted by Gasteiger charge is 2.22. The molecular weight excluding hydrogens is 751 g/mol. The fraction of sp³-hybridized carbons (Fsp3) is 0.911. The third-order valence-electron chi connectivity index (χ3n) is 13.0. The molecule has 0 aliphatic heterocycles. The third-order valence-corrected chi connectivity index (χ3v) is 13.0. The molecule has 0 spiro atoms. The molecule has 5 nitrogen and oxygen atoms in total. The van der Waals surface area contributed by atoms with Crippen molar-refractivity contribution < 1.29 is 20.1 Å². The minimum absolute atomic E-state index is 0.372. The second kappa shape index (κ2) is 51.5. The molecule has 362 valence electrons. The largest absolute Gasteiger partial charge is 0.394 e. The minimum atomic E-state index is -1.10. The molecule has 3 unspecified atom stereocenters. The van der Waals surface area contributed by atoms with Gasteiger partial charge in [-0.05, 0) is 32.1 Å². The monoisotopic (exact) mass is 860 g/mol. The van der Waals surface area contributed by atoms with E-state index in [-0.39, 0.29) is 6.61 Å². The van der Waals surface area contributed by atoms with Crippen LogP contribution in [-0.4, -0.2) is 46.1 Å². The first-order chi connectivity index (χ1) is 30.1. The number of hydrogen-bond acceptors (Lipinski definition) is 4. The highest BCUT2D eigenvalue weighted by atomic mass is 16.3. The Bertz CT molecular complexity index is 905. The number of carbonyl (C=O) groups excluding carboxylic acids is 1. The van der Waals surface area contributed by atoms with Gasteiger partial charge >= 0.3 is 0 Å². The molecule has 4 N–H and O–H groups in total. The van der Waals surface area contributed by atoms with E-state index >= 15 is 0 Å². The average Bonchev–Trinajstić information content (AvgIpc) is 3.26. The lowest BCUT2D eigenvalue weighted by Gasteiger charge is -2.21. The summed E-state index contributed by atoms with van der Waals surface area (Å²) >= 11 is 0. The maximum atomic E-state index is 12.5. The number of aliphatic hydroxyl groups is 3. The molecule has 0 aromatic carbocycles. The molecule has 0 fully saturated rings. The van der Waals surface area contributed by atoms with E-state index in [1.165, 1.54) is 244 Å². The first kappa shape index (κ1) is 59.8. The molecule has 61 heavy (non-hydrogen) atoms. The van der Waals surface area contributed by atoms with Crippen molar-refractivity contribution >= 4 is 5.91 Å². The van der Waals surface area contributed by atoms with Crippen molar-refractivity contribution in [3.8, 4) is 0 Å². The predicted molar refractivity (Wildman–Crippen MR) is 268 cm³/mol. The topological polar surface area (TPSA) is 89.8 Å². The first-order valence-corrected chi connectivity index (χ1v) is 27.7. The summed E-state index contributed by atoms with van der Waals surface area (Å²) in [4.78, 5) is 12.5. The van der Waals surface area contributed by atoms with Gasteiger partial charge in [-0.2, -0.15) is 0 Å². The lowest BCUT2D eigenvalue weighted by molar-refractivity contribution is -0.131. The van der Waals surface area contributed by atoms with E-state index in [0.29, 0.717) is 6.42 Å². The van der Waals surface area contributed by atoms with E-state index in [9.17, 15) is 20.1 Å². The zero-order chi connectivity index (χ0) is 44.4. The number of amides is 1. The fourth-order valence-electron chi connectivity index (χ4n) is 8.73. The average molecular weight is 860 g/mol. The molecule has 0 aromatic heterocycles. The lowest BCUT2D eigenvalue weighted by Crippen LogP contribution is -2.48. The van der Waals surface area contributed by atoms with E-state index in [1.807, 2.05) is 6.08 Å². The summed E-state index contributed by atoms with van der Waals surface area (Å²) in [6.07, 6.45) is 65.4. The van der Waals surface area contributed by atoms with Gasteiger partial charge in [0.25, 0.3) is 0 Å². The smallest absolute Gasteiger partial charge is 0.249 e. The Balaban J connectivity index is 3.57. The zero-order valence-electron chi connectivity index (χ0n) is 41.3. The van der Waals surface area contributed by atoms with E-state index in [0.717, 1.165) is 38.5 Å². The van der Waals surface area contributed by atoms with E-state index in [2.05, 4.69) is 31.3 Å². The lowest BCUT2D eigenvalue weighted by atomic mass is 10.0. The Morgan fingerprint density at radius 1 is 0.393 bits per heavy atom. The minimum Gasteiger partial charge on any atom is -0.394 e. The SMILES string of the molecule is CCCCCCCCCCCCCCCC/C=C/CC/C=C/C(O)C(CO)NC(=O)C(O)CCCCCCCCCCCCCCCCCCCCCCCCCCCCC. The van der Waals surface area contributed by atoms with Crippen molar-refractivity contribution in [2.75, 3.05) is 6.61 Å². The molecule has 5 heteroatoms. The van der Waals surface area contributed by atoms with Crippen LogP contribution >= 0.6 is 0 Å². The second-order valence-corrected chi connectivity index (χ2v) is 19.1. The summed E-state index contributed by atoms with van der Waals surface area (Å²) in [6, 6.07) is -0.812. The van der Waals surface area contributed by atoms with Crippen molar-refractivity contribution in [3.05, 3.63) is 24.3 Å². The van der Waals surface area contributed by atoms with Crippen LogP contribution in [0.5, 0.6) is 0 Å². The van der Waals surface area contributed by atoms with Crippen LogP contribution in [0.15, 0.2) is 24.3 Å². The number of carbonyl (C=O) groups is 1. The van der Waals surface area contributed by atoms with Crippen molar-refractivity contribution in [1.29, 1.82) is 0 Å². The number of nitrogens with one attached hydrogen (secondary N) is 1. The highest BCUT2D eigenvalue weighted by Crippen LogP contribution is 2.18. The number of allylic oxidation sites excluding steroid dienone is 3. The standard InChI is InChI=1S/C56H109NO4/c1-3-5-7-9-11-13-15-17-19-21-23-25-26-27-28-29-30-31-33-35-37-39-41-43-45-47-49-51-55(60)56(61)57-53(52-58)54(59)50-48-46-44-42-40-38-36-34-32-24-22-20-18-16-14-12-10-8-6-4-2/h40,42,48,50,53-55,58-60H,3-39,41,43-47,49,51-52H2,1-2H3,(H,57,61)/b42-40+,50-48+. The van der Waals surface area contributed by atoms with E-state index < -0.39 is 24.2 Å². The van der Waals surface area contributed by atoms with Gasteiger partial charge in [-0.3, -0.25) is 4.79 Å². The van der Waals surface area contributed by atoms with Crippen molar-refractivity contribution in [3.63, 3.8) is 0 Å². The zero-order valence-corrected chi connectivity index (χ0v) is 41.3. The fourth-order valence-corrected chi connectivity index (χ4v) is 8.73. The van der Waals surface area contributed by atoms with Gasteiger partial charge in [-0.15, -0.1) is 0 Å². The van der Waals surface area contributed by atoms with E-state index in [4.69, 9.17) is 0 Å². The normalized spacial score (nSPS) is 13.5. The van der Waals surface area contributed by atoms with Crippen molar-refractivity contribution in [2.24, 2.45) is 0 Å². The number of aliphatic hydroxyl groups excluding tert-OH is 3.